The van der Waals surface area contributed by atoms with Gasteiger partial charge in [0.1, 0.15) is 6.54 Å². The number of nitrogens with one attached hydrogen (secondary N) is 1. The zero-order valence-electron chi connectivity index (χ0n) is 14.9. The molecular formula is C18H18Cl4N2O3S. The normalized spacial score (nSPS) is 11.3. The van der Waals surface area contributed by atoms with Crippen molar-refractivity contribution in [2.45, 2.75) is 12.8 Å². The highest BCUT2D eigenvalue weighted by Gasteiger charge is 2.24. The van der Waals surface area contributed by atoms with Gasteiger partial charge in [-0.1, -0.05) is 58.5 Å². The fourth-order valence-corrected chi connectivity index (χ4v) is 4.12. The van der Waals surface area contributed by atoms with Gasteiger partial charge in [0.15, 0.2) is 0 Å². The first-order valence-electron chi connectivity index (χ1n) is 8.21. The molecule has 2 aromatic rings. The summed E-state index contributed by atoms with van der Waals surface area (Å²) in [6, 6.07) is 10.1. The van der Waals surface area contributed by atoms with E-state index < -0.39 is 22.5 Å². The van der Waals surface area contributed by atoms with Crippen LogP contribution in [0, 0.1) is 0 Å². The fourth-order valence-electron chi connectivity index (χ4n) is 2.44. The molecule has 5 nitrogen and oxygen atoms in total. The van der Waals surface area contributed by atoms with Crippen LogP contribution < -0.4 is 9.62 Å². The predicted octanol–water partition coefficient (Wildman–Crippen LogP) is 4.82. The minimum atomic E-state index is -3.77. The number of halogens is 4. The third kappa shape index (κ3) is 6.71. The van der Waals surface area contributed by atoms with Crippen molar-refractivity contribution in [1.29, 1.82) is 0 Å². The maximum atomic E-state index is 12.3. The molecule has 152 valence electrons. The van der Waals surface area contributed by atoms with Gasteiger partial charge < -0.3 is 5.32 Å². The van der Waals surface area contributed by atoms with Gasteiger partial charge in [0.05, 0.1) is 27.0 Å². The minimum Gasteiger partial charge on any atom is -0.355 e. The van der Waals surface area contributed by atoms with Crippen LogP contribution in [0.5, 0.6) is 0 Å². The molecule has 0 saturated heterocycles. The van der Waals surface area contributed by atoms with E-state index in [-0.39, 0.29) is 20.8 Å². The van der Waals surface area contributed by atoms with Gasteiger partial charge in [-0.3, -0.25) is 9.10 Å². The Hall–Kier alpha value is -1.18. The highest BCUT2D eigenvalue weighted by molar-refractivity contribution is 7.92. The highest BCUT2D eigenvalue weighted by atomic mass is 35.5. The predicted molar refractivity (Wildman–Crippen MR) is 116 cm³/mol. The number of amides is 1. The lowest BCUT2D eigenvalue weighted by Gasteiger charge is -2.23. The molecule has 0 bridgehead atoms. The Morgan fingerprint density at radius 3 is 2.21 bits per heavy atom. The molecule has 0 radical (unpaired) electrons. The summed E-state index contributed by atoms with van der Waals surface area (Å²) in [6.45, 7) is -0.0222. The van der Waals surface area contributed by atoms with Crippen molar-refractivity contribution in [3.63, 3.8) is 0 Å². The fraction of sp³-hybridized carbons (Fsp3) is 0.278. The van der Waals surface area contributed by atoms with Crippen molar-refractivity contribution in [3.05, 3.63) is 62.1 Å². The third-order valence-corrected chi connectivity index (χ3v) is 6.23. The summed E-state index contributed by atoms with van der Waals surface area (Å²) in [4.78, 5) is 12.3. The second-order valence-corrected chi connectivity index (χ2v) is 9.63. The molecule has 0 aliphatic carbocycles. The quantitative estimate of drug-likeness (QED) is 0.432. The van der Waals surface area contributed by atoms with Gasteiger partial charge in [-0.15, -0.1) is 0 Å². The molecule has 0 fully saturated rings. The number of sulfonamides is 1. The van der Waals surface area contributed by atoms with Crippen molar-refractivity contribution in [2.24, 2.45) is 0 Å². The molecule has 0 heterocycles. The number of hydrogen-bond donors (Lipinski definition) is 1. The molecular weight excluding hydrogens is 466 g/mol. The van der Waals surface area contributed by atoms with E-state index in [4.69, 9.17) is 46.4 Å². The van der Waals surface area contributed by atoms with Gasteiger partial charge in [0.2, 0.25) is 15.9 Å². The molecule has 1 N–H and O–H groups in total. The number of carbonyl (C=O) groups excluding carboxylic acids is 1. The second kappa shape index (κ2) is 10.0. The van der Waals surface area contributed by atoms with Gasteiger partial charge in [-0.2, -0.15) is 0 Å². The molecule has 0 aromatic heterocycles. The molecule has 0 saturated carbocycles. The Labute approximate surface area is 184 Å². The average molecular weight is 484 g/mol. The van der Waals surface area contributed by atoms with Crippen molar-refractivity contribution in [1.82, 2.24) is 5.32 Å². The topological polar surface area (TPSA) is 66.5 Å². The van der Waals surface area contributed by atoms with Gasteiger partial charge in [-0.25, -0.2) is 8.42 Å². The summed E-state index contributed by atoms with van der Waals surface area (Å²) in [5, 5.41) is 3.78. The van der Waals surface area contributed by atoms with Crippen LogP contribution in [0.15, 0.2) is 36.4 Å². The van der Waals surface area contributed by atoms with Crippen LogP contribution in [0.25, 0.3) is 0 Å². The summed E-state index contributed by atoms with van der Waals surface area (Å²) in [5.41, 5.74) is 1.19. The molecule has 0 spiro atoms. The molecule has 28 heavy (non-hydrogen) atoms. The number of hydrogen-bond acceptors (Lipinski definition) is 3. The summed E-state index contributed by atoms with van der Waals surface area (Å²) >= 11 is 23.8. The lowest BCUT2D eigenvalue weighted by Crippen LogP contribution is -2.40. The molecule has 10 heteroatoms. The Bertz CT molecular complexity index is 950. The zero-order valence-corrected chi connectivity index (χ0v) is 18.7. The van der Waals surface area contributed by atoms with Crippen molar-refractivity contribution in [2.75, 3.05) is 23.7 Å². The van der Waals surface area contributed by atoms with E-state index >= 15 is 0 Å². The molecule has 0 aliphatic heterocycles. The van der Waals surface area contributed by atoms with E-state index in [9.17, 15) is 13.2 Å². The number of anilines is 1. The molecule has 0 unspecified atom stereocenters. The average Bonchev–Trinajstić information content (AvgIpc) is 2.61. The van der Waals surface area contributed by atoms with Crippen molar-refractivity contribution >= 4 is 68.0 Å². The van der Waals surface area contributed by atoms with E-state index in [2.05, 4.69) is 5.32 Å². The van der Waals surface area contributed by atoms with Crippen LogP contribution in [0.2, 0.25) is 20.1 Å². The third-order valence-electron chi connectivity index (χ3n) is 3.82. The summed E-state index contributed by atoms with van der Waals surface area (Å²) < 4.78 is 25.2. The summed E-state index contributed by atoms with van der Waals surface area (Å²) in [5.74, 6) is -0.455. The first-order chi connectivity index (χ1) is 13.1. The Morgan fingerprint density at radius 2 is 1.61 bits per heavy atom. The largest absolute Gasteiger partial charge is 0.355 e. The summed E-state index contributed by atoms with van der Waals surface area (Å²) in [6.07, 6.45) is 2.44. The van der Waals surface area contributed by atoms with E-state index in [1.54, 1.807) is 12.1 Å². The van der Waals surface area contributed by atoms with Crippen LogP contribution in [0.3, 0.4) is 0 Å². The Morgan fingerprint density at radius 1 is 1.00 bits per heavy atom. The lowest BCUT2D eigenvalue weighted by atomic mass is 10.1. The number of carbonyl (C=O) groups is 1. The smallest absolute Gasteiger partial charge is 0.240 e. The summed E-state index contributed by atoms with van der Waals surface area (Å²) in [7, 11) is -3.77. The van der Waals surface area contributed by atoms with Crippen LogP contribution in [-0.4, -0.2) is 33.7 Å². The maximum absolute atomic E-state index is 12.3. The lowest BCUT2D eigenvalue weighted by molar-refractivity contribution is -0.119. The number of benzene rings is 2. The van der Waals surface area contributed by atoms with E-state index in [0.717, 1.165) is 22.5 Å². The molecule has 2 aromatic carbocycles. The van der Waals surface area contributed by atoms with E-state index in [0.29, 0.717) is 18.0 Å². The molecule has 0 atom stereocenters. The van der Waals surface area contributed by atoms with E-state index in [1.807, 2.05) is 12.1 Å². The van der Waals surface area contributed by atoms with Crippen molar-refractivity contribution < 1.29 is 13.2 Å². The maximum Gasteiger partial charge on any atom is 0.240 e. The molecule has 1 amide bonds. The van der Waals surface area contributed by atoms with Crippen LogP contribution in [0.1, 0.15) is 12.0 Å². The SMILES string of the molecule is CS(=O)(=O)N(CC(=O)NCCCc1ccc(Cl)cc1)c1cc(Cl)c(Cl)cc1Cl. The second-order valence-electron chi connectivity index (χ2n) is 6.07. The van der Waals surface area contributed by atoms with Gasteiger partial charge in [-0.05, 0) is 42.7 Å². The Kier molecular flexibility index (Phi) is 8.28. The number of rotatable bonds is 8. The number of nitrogens with zero attached hydrogens (tertiary/aromatic N) is 1. The first-order valence-corrected chi connectivity index (χ1v) is 11.6. The number of aryl methyl sites for hydroxylation is 1. The minimum absolute atomic E-state index is 0.0790. The monoisotopic (exact) mass is 482 g/mol. The first kappa shape index (κ1) is 23.1. The van der Waals surface area contributed by atoms with Crippen LogP contribution in [-0.2, 0) is 21.2 Å². The molecule has 2 rings (SSSR count). The zero-order chi connectivity index (χ0) is 20.9. The van der Waals surface area contributed by atoms with Gasteiger partial charge in [0, 0.05) is 11.6 Å². The van der Waals surface area contributed by atoms with Crippen LogP contribution in [0.4, 0.5) is 5.69 Å². The Balaban J connectivity index is 1.98. The van der Waals surface area contributed by atoms with Gasteiger partial charge in [0.25, 0.3) is 0 Å². The van der Waals surface area contributed by atoms with Gasteiger partial charge >= 0.3 is 0 Å². The van der Waals surface area contributed by atoms with Crippen LogP contribution >= 0.6 is 46.4 Å². The highest BCUT2D eigenvalue weighted by Crippen LogP contribution is 2.35. The van der Waals surface area contributed by atoms with Crippen molar-refractivity contribution in [3.8, 4) is 0 Å². The van der Waals surface area contributed by atoms with E-state index in [1.165, 1.54) is 12.1 Å². The standard InChI is InChI=1S/C18H18Cl4N2O3S/c1-28(26,27)24(17-10-15(21)14(20)9-16(17)22)11-18(25)23-8-2-3-12-4-6-13(19)7-5-12/h4-7,9-10H,2-3,8,11H2,1H3,(H,23,25). The molecule has 0 aliphatic rings.